The highest BCUT2D eigenvalue weighted by molar-refractivity contribution is 5.66. The molecule has 2 heteroatoms. The minimum atomic E-state index is -0.231. The van der Waals surface area contributed by atoms with Crippen molar-refractivity contribution in [2.24, 2.45) is 5.92 Å². The van der Waals surface area contributed by atoms with E-state index in [1.807, 2.05) is 6.92 Å². The molecule has 1 rings (SSSR count). The second kappa shape index (κ2) is 5.05. The summed E-state index contributed by atoms with van der Waals surface area (Å²) < 4.78 is 4.81. The molecular weight excluding hydrogens is 164 g/mol. The molecule has 1 saturated carbocycles. The monoisotopic (exact) mass is 182 g/mol. The van der Waals surface area contributed by atoms with Crippen molar-refractivity contribution in [3.63, 3.8) is 0 Å². The summed E-state index contributed by atoms with van der Waals surface area (Å²) >= 11 is 0. The fourth-order valence-electron chi connectivity index (χ4n) is 1.90. The van der Waals surface area contributed by atoms with E-state index in [2.05, 4.69) is 0 Å². The third kappa shape index (κ3) is 4.11. The van der Waals surface area contributed by atoms with Crippen molar-refractivity contribution in [1.82, 2.24) is 0 Å². The van der Waals surface area contributed by atoms with E-state index in [1.165, 1.54) is 38.2 Å². The van der Waals surface area contributed by atoms with Gasteiger partial charge in [0, 0.05) is 6.92 Å². The minimum absolute atomic E-state index is 0.231. The van der Waals surface area contributed by atoms with Crippen LogP contribution in [0.1, 0.15) is 46.0 Å². The molecule has 74 valence electrons. The topological polar surface area (TPSA) is 26.3 Å². The average Bonchev–Trinajstić information content (AvgIpc) is 2.53. The Morgan fingerprint density at radius 3 is 2.54 bits per heavy atom. The zero-order chi connectivity index (χ0) is 9.68. The number of carbonyl (C=O) groups excluding carboxylic acids is 1. The predicted octanol–water partition coefficient (Wildman–Crippen LogP) is 3.03. The number of esters is 1. The molecule has 2 nitrogen and oxygen atoms in total. The Morgan fingerprint density at radius 1 is 1.38 bits per heavy atom. The quantitative estimate of drug-likeness (QED) is 0.495. The summed E-state index contributed by atoms with van der Waals surface area (Å²) in [5, 5.41) is 0. The number of carbonyl (C=O) groups is 1. The molecule has 0 radical (unpaired) electrons. The van der Waals surface area contributed by atoms with Gasteiger partial charge in [0.25, 0.3) is 0 Å². The van der Waals surface area contributed by atoms with E-state index in [4.69, 9.17) is 4.74 Å². The smallest absolute Gasteiger partial charge is 0.307 e. The second-order valence-electron chi connectivity index (χ2n) is 3.93. The molecule has 0 saturated heterocycles. The molecule has 0 aliphatic heterocycles. The van der Waals surface area contributed by atoms with E-state index in [0.717, 1.165) is 12.3 Å². The van der Waals surface area contributed by atoms with Crippen LogP contribution in [0.5, 0.6) is 0 Å². The van der Waals surface area contributed by atoms with Gasteiger partial charge in [-0.05, 0) is 24.8 Å². The molecule has 0 unspecified atom stereocenters. The van der Waals surface area contributed by atoms with Crippen LogP contribution in [0.4, 0.5) is 0 Å². The van der Waals surface area contributed by atoms with Crippen LogP contribution >= 0.6 is 0 Å². The first-order chi connectivity index (χ1) is 6.18. The molecule has 0 aromatic rings. The first-order valence-electron chi connectivity index (χ1n) is 5.01. The molecule has 0 aromatic heterocycles. The Kier molecular flexibility index (Phi) is 4.00. The first kappa shape index (κ1) is 10.3. The fourth-order valence-corrected chi connectivity index (χ4v) is 1.90. The predicted molar refractivity (Wildman–Crippen MR) is 52.1 cm³/mol. The van der Waals surface area contributed by atoms with Gasteiger partial charge in [-0.3, -0.25) is 4.79 Å². The summed E-state index contributed by atoms with van der Waals surface area (Å²) in [4.78, 5) is 10.5. The lowest BCUT2D eigenvalue weighted by Gasteiger charge is -2.07. The number of allylic oxidation sites excluding steroid dienone is 1. The number of hydrogen-bond acceptors (Lipinski definition) is 2. The van der Waals surface area contributed by atoms with E-state index in [1.54, 1.807) is 6.26 Å². The van der Waals surface area contributed by atoms with Gasteiger partial charge in [-0.2, -0.15) is 0 Å². The molecule has 1 fully saturated rings. The van der Waals surface area contributed by atoms with Crippen LogP contribution in [0.25, 0.3) is 0 Å². The summed E-state index contributed by atoms with van der Waals surface area (Å²) in [6.45, 7) is 3.46. The summed E-state index contributed by atoms with van der Waals surface area (Å²) in [5.74, 6) is 0.595. The van der Waals surface area contributed by atoms with Gasteiger partial charge < -0.3 is 4.74 Å². The third-order valence-electron chi connectivity index (χ3n) is 2.51. The second-order valence-corrected chi connectivity index (χ2v) is 3.93. The van der Waals surface area contributed by atoms with Crippen LogP contribution in [0.3, 0.4) is 0 Å². The first-order valence-corrected chi connectivity index (χ1v) is 5.01. The number of ether oxygens (including phenoxy) is 1. The molecule has 0 amide bonds. The Bertz CT molecular complexity index is 200. The Morgan fingerprint density at radius 2 is 2.00 bits per heavy atom. The van der Waals surface area contributed by atoms with Gasteiger partial charge in [0.1, 0.15) is 0 Å². The highest BCUT2D eigenvalue weighted by Crippen LogP contribution is 2.29. The molecular formula is C11H18O2. The van der Waals surface area contributed by atoms with Gasteiger partial charge in [0.05, 0.1) is 6.26 Å². The summed E-state index contributed by atoms with van der Waals surface area (Å²) in [6, 6.07) is 0. The van der Waals surface area contributed by atoms with Crippen LogP contribution < -0.4 is 0 Å². The third-order valence-corrected chi connectivity index (χ3v) is 2.51. The normalized spacial score (nSPS) is 19.1. The van der Waals surface area contributed by atoms with Gasteiger partial charge >= 0.3 is 5.97 Å². The summed E-state index contributed by atoms with van der Waals surface area (Å²) in [7, 11) is 0. The van der Waals surface area contributed by atoms with Gasteiger partial charge in [0.2, 0.25) is 0 Å². The number of hydrogen-bond donors (Lipinski definition) is 0. The molecule has 0 aromatic carbocycles. The van der Waals surface area contributed by atoms with E-state index in [-0.39, 0.29) is 5.97 Å². The van der Waals surface area contributed by atoms with Crippen LogP contribution in [-0.2, 0) is 9.53 Å². The van der Waals surface area contributed by atoms with Crippen molar-refractivity contribution >= 4 is 5.97 Å². The lowest BCUT2D eigenvalue weighted by atomic mass is 10.00. The molecule has 1 aliphatic rings. The maximum atomic E-state index is 10.5. The van der Waals surface area contributed by atoms with E-state index in [9.17, 15) is 4.79 Å². The van der Waals surface area contributed by atoms with Crippen LogP contribution in [0, 0.1) is 5.92 Å². The van der Waals surface area contributed by atoms with Gasteiger partial charge in [-0.25, -0.2) is 0 Å². The molecule has 0 atom stereocenters. The molecule has 0 N–H and O–H groups in total. The highest BCUT2D eigenvalue weighted by atomic mass is 16.5. The van der Waals surface area contributed by atoms with Gasteiger partial charge in [0.15, 0.2) is 0 Å². The largest absolute Gasteiger partial charge is 0.435 e. The van der Waals surface area contributed by atoms with Crippen molar-refractivity contribution in [3.05, 3.63) is 11.8 Å². The van der Waals surface area contributed by atoms with Gasteiger partial charge in [-0.15, -0.1) is 0 Å². The maximum absolute atomic E-state index is 10.5. The standard InChI is InChI=1S/C11H18O2/c1-9(8-13-10(2)12)7-11-5-3-4-6-11/h8,11H,3-7H2,1-2H3. The van der Waals surface area contributed by atoms with Crippen LogP contribution in [0.2, 0.25) is 0 Å². The van der Waals surface area contributed by atoms with E-state index in [0.29, 0.717) is 0 Å². The lowest BCUT2D eigenvalue weighted by Crippen LogP contribution is -1.96. The van der Waals surface area contributed by atoms with Crippen LogP contribution in [0.15, 0.2) is 11.8 Å². The Labute approximate surface area is 80.0 Å². The zero-order valence-electron chi connectivity index (χ0n) is 8.51. The SMILES string of the molecule is CC(=O)OC=C(C)CC1CCCC1. The summed E-state index contributed by atoms with van der Waals surface area (Å²) in [6.07, 6.45) is 8.10. The van der Waals surface area contributed by atoms with E-state index < -0.39 is 0 Å². The molecule has 13 heavy (non-hydrogen) atoms. The fraction of sp³-hybridized carbons (Fsp3) is 0.727. The maximum Gasteiger partial charge on any atom is 0.307 e. The van der Waals surface area contributed by atoms with Crippen LogP contribution in [-0.4, -0.2) is 5.97 Å². The summed E-state index contributed by atoms with van der Waals surface area (Å²) in [5.41, 5.74) is 1.18. The Hall–Kier alpha value is -0.790. The van der Waals surface area contributed by atoms with Crippen molar-refractivity contribution in [2.45, 2.75) is 46.0 Å². The number of rotatable bonds is 3. The van der Waals surface area contributed by atoms with E-state index >= 15 is 0 Å². The zero-order valence-corrected chi connectivity index (χ0v) is 8.51. The van der Waals surface area contributed by atoms with Crippen molar-refractivity contribution in [1.29, 1.82) is 0 Å². The Balaban J connectivity index is 2.26. The molecule has 0 bridgehead atoms. The van der Waals surface area contributed by atoms with Crippen molar-refractivity contribution in [2.75, 3.05) is 0 Å². The lowest BCUT2D eigenvalue weighted by molar-refractivity contribution is -0.135. The molecule has 1 aliphatic carbocycles. The molecule has 0 spiro atoms. The highest BCUT2D eigenvalue weighted by Gasteiger charge is 2.14. The average molecular weight is 182 g/mol. The van der Waals surface area contributed by atoms with Crippen molar-refractivity contribution in [3.8, 4) is 0 Å². The van der Waals surface area contributed by atoms with Gasteiger partial charge in [-0.1, -0.05) is 25.7 Å². The minimum Gasteiger partial charge on any atom is -0.435 e. The molecule has 0 heterocycles. The van der Waals surface area contributed by atoms with Crippen molar-refractivity contribution < 1.29 is 9.53 Å².